The van der Waals surface area contributed by atoms with Crippen molar-refractivity contribution in [3.63, 3.8) is 0 Å². The fourth-order valence-corrected chi connectivity index (χ4v) is 2.99. The molecule has 0 saturated carbocycles. The zero-order chi connectivity index (χ0) is 14.1. The summed E-state index contributed by atoms with van der Waals surface area (Å²) < 4.78 is 5.56. The Labute approximate surface area is 122 Å². The number of carbonyl (C=O) groups is 1. The molecule has 4 N–H and O–H groups in total. The fourth-order valence-electron chi connectivity index (χ4n) is 2.77. The van der Waals surface area contributed by atoms with E-state index < -0.39 is 0 Å². The number of carbonyl (C=O) groups excluding carboxylic acids is 1. The monoisotopic (exact) mass is 295 g/mol. The largest absolute Gasteiger partial charge is 0.492 e. The van der Waals surface area contributed by atoms with E-state index in [0.717, 1.165) is 31.5 Å². The predicted molar refractivity (Wildman–Crippen MR) is 78.4 cm³/mol. The number of fused-ring (bicyclic) bond motifs is 1. The first-order valence-corrected chi connectivity index (χ1v) is 7.30. The standard InChI is InChI=1S/C14H18ClN3O2/c15-11-7-10(13-9(12(11)16)3-6-20-13)14(19)18-8-1-4-17-5-2-8/h7-8,17H,1-6,16H2,(H,18,19). The van der Waals surface area contributed by atoms with E-state index in [2.05, 4.69) is 10.6 Å². The van der Waals surface area contributed by atoms with Gasteiger partial charge in [-0.2, -0.15) is 0 Å². The van der Waals surface area contributed by atoms with Crippen molar-refractivity contribution in [1.29, 1.82) is 0 Å². The van der Waals surface area contributed by atoms with Crippen LogP contribution >= 0.6 is 11.6 Å². The quantitative estimate of drug-likeness (QED) is 0.720. The lowest BCUT2D eigenvalue weighted by atomic mass is 10.0. The van der Waals surface area contributed by atoms with Crippen molar-refractivity contribution < 1.29 is 9.53 Å². The van der Waals surface area contributed by atoms with Crippen LogP contribution in [0.25, 0.3) is 0 Å². The first-order valence-electron chi connectivity index (χ1n) is 6.92. The molecule has 2 heterocycles. The first kappa shape index (κ1) is 13.5. The SMILES string of the molecule is Nc1c(Cl)cc(C(=O)NC2CCNCC2)c2c1CCO2. The average molecular weight is 296 g/mol. The van der Waals surface area contributed by atoms with Crippen molar-refractivity contribution in [3.8, 4) is 5.75 Å². The van der Waals surface area contributed by atoms with Crippen molar-refractivity contribution in [2.75, 3.05) is 25.4 Å². The Morgan fingerprint density at radius 1 is 1.45 bits per heavy atom. The van der Waals surface area contributed by atoms with E-state index in [4.69, 9.17) is 22.1 Å². The number of nitrogens with two attached hydrogens (primary N) is 1. The molecule has 2 aliphatic rings. The maximum absolute atomic E-state index is 12.4. The highest BCUT2D eigenvalue weighted by Crippen LogP contribution is 2.38. The van der Waals surface area contributed by atoms with Crippen LogP contribution in [0, 0.1) is 0 Å². The normalized spacial score (nSPS) is 18.4. The highest BCUT2D eigenvalue weighted by atomic mass is 35.5. The predicted octanol–water partition coefficient (Wildman–Crippen LogP) is 1.34. The number of halogens is 1. The molecular weight excluding hydrogens is 278 g/mol. The molecule has 0 aliphatic carbocycles. The Bertz CT molecular complexity index is 542. The van der Waals surface area contributed by atoms with Crippen LogP contribution in [0.5, 0.6) is 5.75 Å². The van der Waals surface area contributed by atoms with Gasteiger partial charge in [0.15, 0.2) is 0 Å². The number of hydrogen-bond acceptors (Lipinski definition) is 4. The van der Waals surface area contributed by atoms with E-state index >= 15 is 0 Å². The molecule has 2 aliphatic heterocycles. The molecule has 1 aromatic rings. The van der Waals surface area contributed by atoms with Crippen molar-refractivity contribution >= 4 is 23.2 Å². The fraction of sp³-hybridized carbons (Fsp3) is 0.500. The molecule has 5 nitrogen and oxygen atoms in total. The van der Waals surface area contributed by atoms with Gasteiger partial charge in [0.25, 0.3) is 5.91 Å². The first-order chi connectivity index (χ1) is 9.66. The van der Waals surface area contributed by atoms with E-state index in [0.29, 0.717) is 35.1 Å². The molecule has 1 aromatic carbocycles. The van der Waals surface area contributed by atoms with Gasteiger partial charge in [-0.05, 0) is 32.0 Å². The van der Waals surface area contributed by atoms with E-state index in [1.54, 1.807) is 6.07 Å². The number of piperidine rings is 1. The third-order valence-corrected chi connectivity index (χ3v) is 4.20. The van der Waals surface area contributed by atoms with E-state index in [1.165, 1.54) is 0 Å². The number of amides is 1. The van der Waals surface area contributed by atoms with E-state index in [9.17, 15) is 4.79 Å². The summed E-state index contributed by atoms with van der Waals surface area (Å²) in [5.41, 5.74) is 7.81. The van der Waals surface area contributed by atoms with Gasteiger partial charge in [-0.1, -0.05) is 11.6 Å². The van der Waals surface area contributed by atoms with E-state index in [-0.39, 0.29) is 11.9 Å². The van der Waals surface area contributed by atoms with Gasteiger partial charge in [-0.25, -0.2) is 0 Å². The van der Waals surface area contributed by atoms with E-state index in [1.807, 2.05) is 0 Å². The van der Waals surface area contributed by atoms with Crippen LogP contribution in [0.1, 0.15) is 28.8 Å². The molecule has 1 fully saturated rings. The van der Waals surface area contributed by atoms with Crippen LogP contribution in [0.4, 0.5) is 5.69 Å². The molecule has 108 valence electrons. The number of nitrogens with one attached hydrogen (secondary N) is 2. The summed E-state index contributed by atoms with van der Waals surface area (Å²) >= 11 is 6.11. The molecule has 20 heavy (non-hydrogen) atoms. The lowest BCUT2D eigenvalue weighted by Gasteiger charge is -2.24. The highest BCUT2D eigenvalue weighted by Gasteiger charge is 2.26. The van der Waals surface area contributed by atoms with Gasteiger partial charge in [0, 0.05) is 18.0 Å². The van der Waals surface area contributed by atoms with Gasteiger partial charge in [-0.15, -0.1) is 0 Å². The Morgan fingerprint density at radius 3 is 2.95 bits per heavy atom. The Hall–Kier alpha value is -1.46. The molecule has 0 aromatic heterocycles. The van der Waals surface area contributed by atoms with Crippen LogP contribution in [0.3, 0.4) is 0 Å². The van der Waals surface area contributed by atoms with Crippen molar-refractivity contribution in [3.05, 3.63) is 22.2 Å². The minimum Gasteiger partial charge on any atom is -0.492 e. The van der Waals surface area contributed by atoms with Crippen LogP contribution in [0.15, 0.2) is 6.07 Å². The number of hydrogen-bond donors (Lipinski definition) is 3. The van der Waals surface area contributed by atoms with Gasteiger partial charge in [0.1, 0.15) is 5.75 Å². The lowest BCUT2D eigenvalue weighted by Crippen LogP contribution is -2.42. The summed E-state index contributed by atoms with van der Waals surface area (Å²) in [6, 6.07) is 1.81. The third kappa shape index (κ3) is 2.43. The van der Waals surface area contributed by atoms with Crippen LogP contribution < -0.4 is 21.1 Å². The molecular formula is C14H18ClN3O2. The Morgan fingerprint density at radius 2 is 2.20 bits per heavy atom. The molecule has 0 atom stereocenters. The van der Waals surface area contributed by atoms with Gasteiger partial charge < -0.3 is 21.1 Å². The Balaban J connectivity index is 1.84. The zero-order valence-electron chi connectivity index (χ0n) is 11.2. The second-order valence-electron chi connectivity index (χ2n) is 5.22. The molecule has 6 heteroatoms. The molecule has 0 unspecified atom stereocenters. The molecule has 1 saturated heterocycles. The van der Waals surface area contributed by atoms with Gasteiger partial charge >= 0.3 is 0 Å². The summed E-state index contributed by atoms with van der Waals surface area (Å²) in [6.45, 7) is 2.41. The molecule has 0 radical (unpaired) electrons. The van der Waals surface area contributed by atoms with Crippen molar-refractivity contribution in [1.82, 2.24) is 10.6 Å². The summed E-state index contributed by atoms with van der Waals surface area (Å²) in [5.74, 6) is 0.468. The van der Waals surface area contributed by atoms with Gasteiger partial charge in [0.2, 0.25) is 0 Å². The third-order valence-electron chi connectivity index (χ3n) is 3.89. The molecule has 1 amide bonds. The zero-order valence-corrected chi connectivity index (χ0v) is 11.9. The number of nitrogen functional groups attached to an aromatic ring is 1. The molecule has 0 bridgehead atoms. The van der Waals surface area contributed by atoms with Gasteiger partial charge in [-0.3, -0.25) is 4.79 Å². The van der Waals surface area contributed by atoms with Crippen molar-refractivity contribution in [2.45, 2.75) is 25.3 Å². The van der Waals surface area contributed by atoms with Crippen LogP contribution in [0.2, 0.25) is 5.02 Å². The molecule has 0 spiro atoms. The minimum absolute atomic E-state index is 0.128. The Kier molecular flexibility index (Phi) is 3.72. The number of rotatable bonds is 2. The van der Waals surface area contributed by atoms with Gasteiger partial charge in [0.05, 0.1) is 22.9 Å². The highest BCUT2D eigenvalue weighted by molar-refractivity contribution is 6.33. The maximum atomic E-state index is 12.4. The number of benzene rings is 1. The number of anilines is 1. The van der Waals surface area contributed by atoms with Crippen LogP contribution in [-0.4, -0.2) is 31.6 Å². The topological polar surface area (TPSA) is 76.4 Å². The van der Waals surface area contributed by atoms with Crippen LogP contribution in [-0.2, 0) is 6.42 Å². The summed E-state index contributed by atoms with van der Waals surface area (Å²) in [4.78, 5) is 12.4. The smallest absolute Gasteiger partial charge is 0.255 e. The summed E-state index contributed by atoms with van der Waals surface area (Å²) in [6.07, 6.45) is 2.59. The van der Waals surface area contributed by atoms with Crippen molar-refractivity contribution in [2.24, 2.45) is 0 Å². The average Bonchev–Trinajstić information content (AvgIpc) is 2.93. The second-order valence-corrected chi connectivity index (χ2v) is 5.63. The lowest BCUT2D eigenvalue weighted by molar-refractivity contribution is 0.0926. The number of ether oxygens (including phenoxy) is 1. The second kappa shape index (κ2) is 5.50. The molecule has 3 rings (SSSR count). The minimum atomic E-state index is -0.128. The summed E-state index contributed by atoms with van der Waals surface area (Å²) in [5, 5.41) is 6.75. The maximum Gasteiger partial charge on any atom is 0.255 e. The summed E-state index contributed by atoms with van der Waals surface area (Å²) in [7, 11) is 0.